The Hall–Kier alpha value is -1.61. The highest BCUT2D eigenvalue weighted by Crippen LogP contribution is 2.24. The molecular formula is C48H90O12S. The van der Waals surface area contributed by atoms with Crippen molar-refractivity contribution in [3.05, 3.63) is 12.2 Å². The van der Waals surface area contributed by atoms with Gasteiger partial charge in [0.25, 0.3) is 10.1 Å². The van der Waals surface area contributed by atoms with Gasteiger partial charge in [-0.2, -0.15) is 8.42 Å². The number of rotatable bonds is 42. The second kappa shape index (κ2) is 38.8. The zero-order valence-corrected chi connectivity index (χ0v) is 39.4. The van der Waals surface area contributed by atoms with Crippen LogP contribution in [0.4, 0.5) is 0 Å². The lowest BCUT2D eigenvalue weighted by Crippen LogP contribution is -2.60. The predicted octanol–water partition coefficient (Wildman–Crippen LogP) is 10.6. The van der Waals surface area contributed by atoms with Crippen molar-refractivity contribution in [1.82, 2.24) is 0 Å². The van der Waals surface area contributed by atoms with Crippen LogP contribution < -0.4 is 0 Å². The van der Waals surface area contributed by atoms with Crippen LogP contribution in [0.1, 0.15) is 226 Å². The zero-order valence-electron chi connectivity index (χ0n) is 38.5. The Morgan fingerprint density at radius 3 is 1.43 bits per heavy atom. The van der Waals surface area contributed by atoms with Crippen molar-refractivity contribution in [3.63, 3.8) is 0 Å². The van der Waals surface area contributed by atoms with E-state index in [1.54, 1.807) is 0 Å². The van der Waals surface area contributed by atoms with Crippen molar-refractivity contribution < 1.29 is 56.8 Å². The van der Waals surface area contributed by atoms with Gasteiger partial charge in [-0.25, -0.2) is 0 Å². The summed E-state index contributed by atoms with van der Waals surface area (Å²) in [6.45, 7) is 3.76. The van der Waals surface area contributed by atoms with Gasteiger partial charge in [0.15, 0.2) is 12.4 Å². The van der Waals surface area contributed by atoms with Crippen molar-refractivity contribution in [2.75, 3.05) is 19.0 Å². The lowest BCUT2D eigenvalue weighted by molar-refractivity contribution is -0.297. The van der Waals surface area contributed by atoms with E-state index >= 15 is 0 Å². The Morgan fingerprint density at radius 2 is 0.967 bits per heavy atom. The van der Waals surface area contributed by atoms with E-state index in [0.29, 0.717) is 12.8 Å². The lowest BCUT2D eigenvalue weighted by atomic mass is 10.00. The van der Waals surface area contributed by atoms with Gasteiger partial charge in [-0.3, -0.25) is 14.1 Å². The first-order valence-electron chi connectivity index (χ1n) is 24.7. The van der Waals surface area contributed by atoms with E-state index in [4.69, 9.17) is 18.9 Å². The van der Waals surface area contributed by atoms with Crippen LogP contribution in [-0.2, 0) is 38.7 Å². The molecule has 13 heteroatoms. The Labute approximate surface area is 371 Å². The number of aliphatic hydroxyl groups excluding tert-OH is 3. The third-order valence-electron chi connectivity index (χ3n) is 11.6. The molecule has 2 unspecified atom stereocenters. The average Bonchev–Trinajstić information content (AvgIpc) is 3.22. The molecule has 1 heterocycles. The number of hydrogen-bond acceptors (Lipinski definition) is 11. The van der Waals surface area contributed by atoms with Gasteiger partial charge in [-0.15, -0.1) is 0 Å². The van der Waals surface area contributed by atoms with Crippen molar-refractivity contribution in [1.29, 1.82) is 0 Å². The zero-order chi connectivity index (χ0) is 44.8. The molecule has 61 heavy (non-hydrogen) atoms. The van der Waals surface area contributed by atoms with Crippen LogP contribution in [0.15, 0.2) is 12.2 Å². The fraction of sp³-hybridized carbons (Fsp3) is 0.917. The summed E-state index contributed by atoms with van der Waals surface area (Å²) in [7, 11) is -4.60. The Kier molecular flexibility index (Phi) is 36.5. The van der Waals surface area contributed by atoms with E-state index in [-0.39, 0.29) is 19.4 Å². The summed E-state index contributed by atoms with van der Waals surface area (Å²) in [6.07, 6.45) is 32.7. The van der Waals surface area contributed by atoms with E-state index in [0.717, 1.165) is 32.1 Å². The molecule has 0 aromatic carbocycles. The highest BCUT2D eigenvalue weighted by molar-refractivity contribution is 7.85. The summed E-state index contributed by atoms with van der Waals surface area (Å²) < 4.78 is 54.1. The SMILES string of the molecule is CCCCCCCCCCCCC/C=C/CCC(=O)OC[C@H](CO[C@H]1O[C@H](CS(=O)(=O)O)[C@@H](O)C(O)C1O)OC(=O)CCCCCCCCCCCCCCCCCCCC. The fourth-order valence-electron chi connectivity index (χ4n) is 7.76. The number of aliphatic hydroxyl groups is 3. The monoisotopic (exact) mass is 891 g/mol. The van der Waals surface area contributed by atoms with Crippen LogP contribution >= 0.6 is 0 Å². The second-order valence-electron chi connectivity index (χ2n) is 17.5. The summed E-state index contributed by atoms with van der Waals surface area (Å²) in [6, 6.07) is 0. The van der Waals surface area contributed by atoms with Crippen LogP contribution in [0.3, 0.4) is 0 Å². The van der Waals surface area contributed by atoms with Crippen LogP contribution in [-0.4, -0.2) is 96.0 Å². The molecule has 360 valence electrons. The summed E-state index contributed by atoms with van der Waals surface area (Å²) in [5, 5.41) is 30.9. The smallest absolute Gasteiger partial charge is 0.306 e. The van der Waals surface area contributed by atoms with E-state index in [2.05, 4.69) is 19.9 Å². The van der Waals surface area contributed by atoms with Gasteiger partial charge in [-0.05, 0) is 25.7 Å². The van der Waals surface area contributed by atoms with Gasteiger partial charge in [0.1, 0.15) is 36.8 Å². The van der Waals surface area contributed by atoms with Crippen molar-refractivity contribution in [2.24, 2.45) is 0 Å². The molecule has 0 saturated carbocycles. The molecule has 0 bridgehead atoms. The minimum atomic E-state index is -4.60. The first-order chi connectivity index (χ1) is 29.5. The molecule has 1 aliphatic rings. The maximum absolute atomic E-state index is 12.8. The van der Waals surface area contributed by atoms with E-state index in [9.17, 15) is 37.9 Å². The summed E-state index contributed by atoms with van der Waals surface area (Å²) in [4.78, 5) is 25.4. The van der Waals surface area contributed by atoms with Gasteiger partial charge >= 0.3 is 11.9 Å². The first kappa shape index (κ1) is 57.4. The Balaban J connectivity index is 2.40. The maximum atomic E-state index is 12.8. The fourth-order valence-corrected chi connectivity index (χ4v) is 8.45. The largest absolute Gasteiger partial charge is 0.462 e. The van der Waals surface area contributed by atoms with Gasteiger partial charge in [0, 0.05) is 12.8 Å². The predicted molar refractivity (Wildman–Crippen MR) is 243 cm³/mol. The highest BCUT2D eigenvalue weighted by Gasteiger charge is 2.46. The first-order valence-corrected chi connectivity index (χ1v) is 26.4. The second-order valence-corrected chi connectivity index (χ2v) is 19.0. The molecule has 0 aromatic rings. The topological polar surface area (TPSA) is 186 Å². The maximum Gasteiger partial charge on any atom is 0.306 e. The number of carbonyl (C=O) groups excluding carboxylic acids is 2. The van der Waals surface area contributed by atoms with Crippen LogP contribution in [0.5, 0.6) is 0 Å². The highest BCUT2D eigenvalue weighted by atomic mass is 32.2. The summed E-state index contributed by atoms with van der Waals surface area (Å²) in [5.74, 6) is -2.03. The molecular weight excluding hydrogens is 801 g/mol. The standard InChI is InChI=1S/C48H90O12S/c1-3-5-7-9-11-13-15-17-19-20-21-23-25-27-29-31-33-35-37-44(50)59-41(39-58-48-47(53)46(52)45(51)42(60-48)40-61(54,55)56)38-57-43(49)36-34-32-30-28-26-24-22-18-16-14-12-10-8-6-4-2/h30,32,41-42,45-48,51-53H,3-29,31,33-40H2,1-2H3,(H,54,55,56)/b32-30+/t41-,42-,45-,46?,47?,48+/m1/s1. The minimum absolute atomic E-state index is 0.140. The molecule has 1 aliphatic heterocycles. The normalized spacial score (nSPS) is 20.0. The molecule has 6 atom stereocenters. The molecule has 1 rings (SSSR count). The average molecular weight is 891 g/mol. The molecule has 4 N–H and O–H groups in total. The number of unbranched alkanes of at least 4 members (excludes halogenated alkanes) is 28. The van der Waals surface area contributed by atoms with Crippen molar-refractivity contribution in [3.8, 4) is 0 Å². The molecule has 1 saturated heterocycles. The van der Waals surface area contributed by atoms with Crippen molar-refractivity contribution >= 4 is 22.1 Å². The summed E-state index contributed by atoms with van der Waals surface area (Å²) in [5.41, 5.74) is 0. The molecule has 0 aromatic heterocycles. The summed E-state index contributed by atoms with van der Waals surface area (Å²) >= 11 is 0. The number of carbonyl (C=O) groups is 2. The van der Waals surface area contributed by atoms with Gasteiger partial charge in [0.2, 0.25) is 0 Å². The number of esters is 2. The number of ether oxygens (including phenoxy) is 4. The van der Waals surface area contributed by atoms with E-state index in [1.165, 1.54) is 154 Å². The number of allylic oxidation sites excluding steroid dienone is 2. The van der Waals surface area contributed by atoms with Gasteiger partial charge in [-0.1, -0.05) is 199 Å². The Bertz CT molecular complexity index is 1180. The van der Waals surface area contributed by atoms with E-state index in [1.807, 2.05) is 6.08 Å². The molecule has 12 nitrogen and oxygen atoms in total. The van der Waals surface area contributed by atoms with Crippen molar-refractivity contribution in [2.45, 2.75) is 263 Å². The van der Waals surface area contributed by atoms with Gasteiger partial charge in [0.05, 0.1) is 6.61 Å². The lowest BCUT2D eigenvalue weighted by Gasteiger charge is -2.40. The van der Waals surface area contributed by atoms with Crippen LogP contribution in [0.2, 0.25) is 0 Å². The third-order valence-corrected chi connectivity index (χ3v) is 12.4. The molecule has 0 amide bonds. The molecule has 0 spiro atoms. The van der Waals surface area contributed by atoms with E-state index < -0.39 is 71.2 Å². The Morgan fingerprint density at radius 1 is 0.541 bits per heavy atom. The van der Waals surface area contributed by atoms with Crippen LogP contribution in [0.25, 0.3) is 0 Å². The van der Waals surface area contributed by atoms with Crippen LogP contribution in [0, 0.1) is 0 Å². The molecule has 1 fully saturated rings. The minimum Gasteiger partial charge on any atom is -0.462 e. The molecule has 0 radical (unpaired) electrons. The molecule has 0 aliphatic carbocycles. The van der Waals surface area contributed by atoms with Gasteiger partial charge < -0.3 is 34.3 Å². The number of hydrogen-bond donors (Lipinski definition) is 4. The quantitative estimate of drug-likeness (QED) is 0.0197. The third kappa shape index (κ3) is 33.6.